The minimum absolute atomic E-state index is 0. The van der Waals surface area contributed by atoms with E-state index in [0.717, 1.165) is 18.1 Å². The van der Waals surface area contributed by atoms with Crippen LogP contribution in [0.15, 0.2) is 35.2 Å². The summed E-state index contributed by atoms with van der Waals surface area (Å²) in [5, 5.41) is 0. The molecule has 0 unspecified atom stereocenters. The Morgan fingerprint density at radius 3 is 1.41 bits per heavy atom. The average Bonchev–Trinajstić information content (AvgIpc) is 2.84. The molecular weight excluding hydrogens is 335 g/mol. The summed E-state index contributed by atoms with van der Waals surface area (Å²) in [4.78, 5) is 0.905. The van der Waals surface area contributed by atoms with Gasteiger partial charge in [-0.15, -0.1) is 0 Å². The van der Waals surface area contributed by atoms with Crippen molar-refractivity contribution in [2.24, 2.45) is 0 Å². The molecule has 0 bridgehead atoms. The van der Waals surface area contributed by atoms with Crippen LogP contribution in [0.25, 0.3) is 4.65 Å². The molecule has 1 aliphatic rings. The third-order valence-electron chi connectivity index (χ3n) is 2.24. The van der Waals surface area contributed by atoms with Crippen LogP contribution in [-0.2, 0) is 17.4 Å². The van der Waals surface area contributed by atoms with E-state index in [1.54, 1.807) is 0 Å². The molecule has 0 aliphatic carbocycles. The van der Waals surface area contributed by atoms with Crippen molar-refractivity contribution < 1.29 is 4.74 Å². The van der Waals surface area contributed by atoms with Crippen LogP contribution in [0.5, 0.6) is 0 Å². The average molecular weight is 366 g/mol. The molecule has 1 aromatic rings. The molecule has 1 aliphatic heterocycles. The zero-order valence-corrected chi connectivity index (χ0v) is 19.4. The van der Waals surface area contributed by atoms with Gasteiger partial charge in [0.15, 0.2) is 0 Å². The summed E-state index contributed by atoms with van der Waals surface area (Å²) >= 11 is 4.81. The van der Waals surface area contributed by atoms with Crippen molar-refractivity contribution in [3.05, 3.63) is 35.0 Å². The molecule has 0 N–H and O–H groups in total. The minimum Gasteiger partial charge on any atom is -0.780 e. The number of hydrogen-bond donors (Lipinski definition) is 0. The first kappa shape index (κ1) is 24.8. The number of benzene rings is 1. The second-order valence-electron chi connectivity index (χ2n) is 7.09. The summed E-state index contributed by atoms with van der Waals surface area (Å²) in [5.41, 5.74) is 0. The Labute approximate surface area is 161 Å². The normalized spacial score (nSPS) is 13.9. The van der Waals surface area contributed by atoms with E-state index >= 15 is 0 Å². The van der Waals surface area contributed by atoms with Gasteiger partial charge in [-0.3, -0.25) is 0 Å². The largest absolute Gasteiger partial charge is 2.00 e. The van der Waals surface area contributed by atoms with Gasteiger partial charge >= 0.3 is 23.1 Å². The van der Waals surface area contributed by atoms with E-state index in [2.05, 4.69) is 39.3 Å². The summed E-state index contributed by atoms with van der Waals surface area (Å²) in [6, 6.07) is 9.62. The van der Waals surface area contributed by atoms with E-state index in [9.17, 15) is 0 Å². The molecule has 2 nitrogen and oxygen atoms in total. The summed E-state index contributed by atoms with van der Waals surface area (Å²) in [7, 11) is -2.21. The van der Waals surface area contributed by atoms with Gasteiger partial charge in [-0.2, -0.15) is 4.90 Å². The van der Waals surface area contributed by atoms with E-state index in [1.165, 1.54) is 12.8 Å². The molecule has 0 saturated carbocycles. The van der Waals surface area contributed by atoms with E-state index in [4.69, 9.17) is 22.0 Å². The van der Waals surface area contributed by atoms with Crippen LogP contribution in [0.3, 0.4) is 0 Å². The van der Waals surface area contributed by atoms with Gasteiger partial charge in [-0.1, -0.05) is 86.1 Å². The monoisotopic (exact) mass is 365 g/mol. The third-order valence-corrected chi connectivity index (χ3v) is 7.88. The smallest absolute Gasteiger partial charge is 0.780 e. The second-order valence-corrected chi connectivity index (χ2v) is 17.1. The number of nitrogens with zero attached hydrogens (tertiary/aromatic N) is 1. The molecule has 1 heterocycles. The SMILES string of the molecule is C1CCOC1.C[Si](C)(C)[N-][Si](C)(C)C.[Mg+2].[S-]c1ccccc1. The van der Waals surface area contributed by atoms with E-state index in [-0.39, 0.29) is 23.1 Å². The Morgan fingerprint density at radius 1 is 0.864 bits per heavy atom. The van der Waals surface area contributed by atoms with E-state index in [0.29, 0.717) is 0 Å². The molecule has 0 atom stereocenters. The molecule has 1 saturated heterocycles. The first-order valence-electron chi connectivity index (χ1n) is 7.64. The first-order chi connectivity index (χ1) is 9.60. The van der Waals surface area contributed by atoms with Crippen LogP contribution >= 0.6 is 0 Å². The molecule has 122 valence electrons. The molecule has 0 aromatic heterocycles. The number of ether oxygens (including phenoxy) is 1. The standard InChI is InChI=1S/C6H18NSi2.C6H6S.C4H8O.Mg/c1-8(2,3)7-9(4,5)6;7-6-4-2-1-3-5-6;1-2-4-5-3-1;/h1-6H3;1-5,7H;1-4H2;/q-1;;;+2/p-1. The second kappa shape index (κ2) is 12.9. The van der Waals surface area contributed by atoms with Gasteiger partial charge in [0.25, 0.3) is 0 Å². The number of hydrogen-bond acceptors (Lipinski definition) is 2. The van der Waals surface area contributed by atoms with E-state index < -0.39 is 16.5 Å². The third kappa shape index (κ3) is 20.6. The van der Waals surface area contributed by atoms with Crippen LogP contribution in [0.4, 0.5) is 0 Å². The Balaban J connectivity index is 0. The van der Waals surface area contributed by atoms with E-state index in [1.807, 2.05) is 30.3 Å². The van der Waals surface area contributed by atoms with Crippen LogP contribution in [0, 0.1) is 0 Å². The van der Waals surface area contributed by atoms with Crippen LogP contribution in [-0.4, -0.2) is 52.7 Å². The van der Waals surface area contributed by atoms with Gasteiger partial charge < -0.3 is 22.0 Å². The summed E-state index contributed by atoms with van der Waals surface area (Å²) < 4.78 is 9.76. The van der Waals surface area contributed by atoms with Crippen molar-refractivity contribution in [3.8, 4) is 0 Å². The summed E-state index contributed by atoms with van der Waals surface area (Å²) in [5.74, 6) is 0. The molecule has 2 rings (SSSR count). The molecule has 6 heteroatoms. The molecule has 22 heavy (non-hydrogen) atoms. The van der Waals surface area contributed by atoms with Gasteiger partial charge in [0.1, 0.15) is 0 Å². The molecular formula is C16H31MgNOSSi2. The minimum atomic E-state index is -1.11. The fourth-order valence-electron chi connectivity index (χ4n) is 1.94. The van der Waals surface area contributed by atoms with Crippen molar-refractivity contribution in [1.29, 1.82) is 0 Å². The first-order valence-corrected chi connectivity index (χ1v) is 14.9. The quantitative estimate of drug-likeness (QED) is 0.541. The van der Waals surface area contributed by atoms with Crippen LogP contribution in [0.2, 0.25) is 39.3 Å². The Morgan fingerprint density at radius 2 is 1.27 bits per heavy atom. The maximum absolute atomic E-state index is 4.94. The van der Waals surface area contributed by atoms with Gasteiger partial charge in [0.2, 0.25) is 0 Å². The fourth-order valence-corrected chi connectivity index (χ4v) is 10.1. The van der Waals surface area contributed by atoms with Crippen LogP contribution < -0.4 is 0 Å². The predicted octanol–water partition coefficient (Wildman–Crippen LogP) is 5.04. The van der Waals surface area contributed by atoms with Gasteiger partial charge in [-0.25, -0.2) is 0 Å². The van der Waals surface area contributed by atoms with Gasteiger partial charge in [0, 0.05) is 13.2 Å². The van der Waals surface area contributed by atoms with Gasteiger partial charge in [0.05, 0.1) is 0 Å². The Hall–Kier alpha value is 0.560. The van der Waals surface area contributed by atoms with Crippen molar-refractivity contribution in [2.45, 2.75) is 57.0 Å². The molecule has 0 amide bonds. The molecule has 0 radical (unpaired) electrons. The zero-order valence-electron chi connectivity index (χ0n) is 15.2. The van der Waals surface area contributed by atoms with Gasteiger partial charge in [-0.05, 0) is 12.8 Å². The molecule has 1 fully saturated rings. The summed E-state index contributed by atoms with van der Waals surface area (Å²) in [6.07, 6.45) is 2.56. The van der Waals surface area contributed by atoms with Crippen molar-refractivity contribution in [3.63, 3.8) is 0 Å². The van der Waals surface area contributed by atoms with Crippen molar-refractivity contribution >= 4 is 52.2 Å². The maximum Gasteiger partial charge on any atom is 2.00 e. The molecule has 0 spiro atoms. The topological polar surface area (TPSA) is 23.3 Å². The van der Waals surface area contributed by atoms with Crippen LogP contribution in [0.1, 0.15) is 12.8 Å². The maximum atomic E-state index is 4.94. The Kier molecular flexibility index (Phi) is 14.6. The van der Waals surface area contributed by atoms with Crippen molar-refractivity contribution in [2.75, 3.05) is 13.2 Å². The number of rotatable bonds is 2. The zero-order chi connectivity index (χ0) is 16.4. The summed E-state index contributed by atoms with van der Waals surface area (Å²) in [6.45, 7) is 15.8. The van der Waals surface area contributed by atoms with Crippen molar-refractivity contribution in [1.82, 2.24) is 0 Å². The Bertz CT molecular complexity index is 343. The predicted molar refractivity (Wildman–Crippen MR) is 108 cm³/mol. The molecule has 1 aromatic carbocycles. The fraction of sp³-hybridized carbons (Fsp3) is 0.625.